The van der Waals surface area contributed by atoms with Crippen LogP contribution in [-0.2, 0) is 4.79 Å². The molecule has 0 fully saturated rings. The van der Waals surface area contributed by atoms with Crippen molar-refractivity contribution >= 4 is 11.6 Å². The Bertz CT molecular complexity index is 834. The molecule has 0 spiro atoms. The van der Waals surface area contributed by atoms with E-state index in [0.29, 0.717) is 5.69 Å². The lowest BCUT2D eigenvalue weighted by Crippen LogP contribution is -2.20. The van der Waals surface area contributed by atoms with Gasteiger partial charge in [0.1, 0.15) is 0 Å². The normalized spacial score (nSPS) is 10.2. The van der Waals surface area contributed by atoms with Gasteiger partial charge in [-0.15, -0.1) is 0 Å². The lowest BCUT2D eigenvalue weighted by molar-refractivity contribution is -0.118. The summed E-state index contributed by atoms with van der Waals surface area (Å²) in [7, 11) is 0. The number of ether oxygens (including phenoxy) is 1. The predicted octanol–water partition coefficient (Wildman–Crippen LogP) is 4.51. The fourth-order valence-corrected chi connectivity index (χ4v) is 2.35. The number of benzene rings is 3. The summed E-state index contributed by atoms with van der Waals surface area (Å²) in [5, 5.41) is 2.81. The highest BCUT2D eigenvalue weighted by atomic mass is 19.1. The Hall–Kier alpha value is -3.14. The van der Waals surface area contributed by atoms with Crippen molar-refractivity contribution in [1.82, 2.24) is 0 Å². The second-order valence-corrected chi connectivity index (χ2v) is 5.18. The van der Waals surface area contributed by atoms with Crippen molar-refractivity contribution in [3.8, 4) is 16.9 Å². The van der Waals surface area contributed by atoms with Gasteiger partial charge >= 0.3 is 0 Å². The Morgan fingerprint density at radius 2 is 1.54 bits per heavy atom. The highest BCUT2D eigenvalue weighted by molar-refractivity contribution is 5.96. The summed E-state index contributed by atoms with van der Waals surface area (Å²) in [5.74, 6) is -0.777. The van der Waals surface area contributed by atoms with Gasteiger partial charge in [-0.25, -0.2) is 4.39 Å². The fourth-order valence-electron chi connectivity index (χ4n) is 2.35. The van der Waals surface area contributed by atoms with E-state index in [1.54, 1.807) is 12.1 Å². The van der Waals surface area contributed by atoms with Gasteiger partial charge < -0.3 is 10.1 Å². The highest BCUT2D eigenvalue weighted by Crippen LogP contribution is 2.27. The number of halogens is 1. The number of carbonyl (C=O) groups is 1. The van der Waals surface area contributed by atoms with E-state index in [0.717, 1.165) is 11.1 Å². The molecule has 0 bridgehead atoms. The standard InChI is InChI=1S/C20H16FNO2/c21-17-11-5-7-13-19(17)24-14-20(23)22-18-12-6-4-10-16(18)15-8-2-1-3-9-15/h1-13H,14H2,(H,22,23). The van der Waals surface area contributed by atoms with Crippen LogP contribution in [0.5, 0.6) is 5.75 Å². The van der Waals surface area contributed by atoms with Crippen molar-refractivity contribution in [3.63, 3.8) is 0 Å². The first-order chi connectivity index (χ1) is 11.7. The first kappa shape index (κ1) is 15.7. The maximum Gasteiger partial charge on any atom is 0.262 e. The number of rotatable bonds is 5. The zero-order valence-corrected chi connectivity index (χ0v) is 12.9. The molecule has 0 saturated heterocycles. The predicted molar refractivity (Wildman–Crippen MR) is 92.4 cm³/mol. The summed E-state index contributed by atoms with van der Waals surface area (Å²) in [6.45, 7) is -0.260. The number of anilines is 1. The average molecular weight is 321 g/mol. The van der Waals surface area contributed by atoms with Gasteiger partial charge in [-0.05, 0) is 23.8 Å². The van der Waals surface area contributed by atoms with Gasteiger partial charge in [-0.2, -0.15) is 0 Å². The van der Waals surface area contributed by atoms with E-state index in [2.05, 4.69) is 5.32 Å². The second-order valence-electron chi connectivity index (χ2n) is 5.18. The van der Waals surface area contributed by atoms with Crippen molar-refractivity contribution in [3.05, 3.63) is 84.7 Å². The molecule has 24 heavy (non-hydrogen) atoms. The Morgan fingerprint density at radius 3 is 2.33 bits per heavy atom. The third-order valence-corrected chi connectivity index (χ3v) is 3.48. The quantitative estimate of drug-likeness (QED) is 0.751. The molecule has 3 nitrogen and oxygen atoms in total. The minimum atomic E-state index is -0.491. The molecule has 1 N–H and O–H groups in total. The number of hydrogen-bond acceptors (Lipinski definition) is 2. The summed E-state index contributed by atoms with van der Waals surface area (Å²) in [4.78, 5) is 12.1. The van der Waals surface area contributed by atoms with Crippen LogP contribution in [0.4, 0.5) is 10.1 Å². The maximum atomic E-state index is 13.5. The van der Waals surface area contributed by atoms with Gasteiger partial charge in [0.2, 0.25) is 0 Å². The van der Waals surface area contributed by atoms with Crippen LogP contribution in [-0.4, -0.2) is 12.5 Å². The molecule has 1 amide bonds. The lowest BCUT2D eigenvalue weighted by atomic mass is 10.0. The fraction of sp³-hybridized carbons (Fsp3) is 0.0500. The van der Waals surface area contributed by atoms with Crippen molar-refractivity contribution in [2.45, 2.75) is 0 Å². The first-order valence-electron chi connectivity index (χ1n) is 7.55. The van der Waals surface area contributed by atoms with Gasteiger partial charge in [0.05, 0.1) is 0 Å². The molecular weight excluding hydrogens is 305 g/mol. The third-order valence-electron chi connectivity index (χ3n) is 3.48. The average Bonchev–Trinajstić information content (AvgIpc) is 2.62. The van der Waals surface area contributed by atoms with Gasteiger partial charge in [-0.1, -0.05) is 60.7 Å². The summed E-state index contributed by atoms with van der Waals surface area (Å²) in [6.07, 6.45) is 0. The van der Waals surface area contributed by atoms with Crippen molar-refractivity contribution < 1.29 is 13.9 Å². The third kappa shape index (κ3) is 3.79. The molecule has 0 aromatic heterocycles. The topological polar surface area (TPSA) is 38.3 Å². The van der Waals surface area contributed by atoms with Crippen LogP contribution in [0, 0.1) is 5.82 Å². The maximum absolute atomic E-state index is 13.5. The van der Waals surface area contributed by atoms with Gasteiger partial charge in [0.25, 0.3) is 5.91 Å². The van der Waals surface area contributed by atoms with Crippen molar-refractivity contribution in [2.75, 3.05) is 11.9 Å². The zero-order chi connectivity index (χ0) is 16.8. The lowest BCUT2D eigenvalue weighted by Gasteiger charge is -2.12. The van der Waals surface area contributed by atoms with E-state index in [1.165, 1.54) is 12.1 Å². The molecule has 4 heteroatoms. The monoisotopic (exact) mass is 321 g/mol. The second kappa shape index (κ2) is 7.42. The Balaban J connectivity index is 1.70. The molecule has 0 unspecified atom stereocenters. The minimum Gasteiger partial charge on any atom is -0.481 e. The van der Waals surface area contributed by atoms with Crippen LogP contribution >= 0.6 is 0 Å². The van der Waals surface area contributed by atoms with E-state index < -0.39 is 5.82 Å². The summed E-state index contributed by atoms with van der Waals surface area (Å²) in [5.41, 5.74) is 2.60. The summed E-state index contributed by atoms with van der Waals surface area (Å²) < 4.78 is 18.7. The van der Waals surface area contributed by atoms with Crippen LogP contribution in [0.2, 0.25) is 0 Å². The molecule has 3 aromatic carbocycles. The Kier molecular flexibility index (Phi) is 4.87. The van der Waals surface area contributed by atoms with Gasteiger partial charge in [-0.3, -0.25) is 4.79 Å². The molecule has 3 aromatic rings. The molecule has 0 aliphatic rings. The van der Waals surface area contributed by atoms with Crippen molar-refractivity contribution in [1.29, 1.82) is 0 Å². The molecule has 0 heterocycles. The van der Waals surface area contributed by atoms with E-state index >= 15 is 0 Å². The molecule has 0 radical (unpaired) electrons. The van der Waals surface area contributed by atoms with Crippen LogP contribution in [0.15, 0.2) is 78.9 Å². The number of amides is 1. The van der Waals surface area contributed by atoms with E-state index in [9.17, 15) is 9.18 Å². The largest absolute Gasteiger partial charge is 0.481 e. The molecular formula is C20H16FNO2. The van der Waals surface area contributed by atoms with Gasteiger partial charge in [0.15, 0.2) is 18.2 Å². The number of para-hydroxylation sites is 2. The number of hydrogen-bond donors (Lipinski definition) is 1. The van der Waals surface area contributed by atoms with Crippen LogP contribution < -0.4 is 10.1 Å². The minimum absolute atomic E-state index is 0.0593. The van der Waals surface area contributed by atoms with Crippen LogP contribution in [0.3, 0.4) is 0 Å². The molecule has 0 atom stereocenters. The zero-order valence-electron chi connectivity index (χ0n) is 12.9. The molecule has 3 rings (SSSR count). The molecule has 0 saturated carbocycles. The highest BCUT2D eigenvalue weighted by Gasteiger charge is 2.10. The molecule has 0 aliphatic heterocycles. The Labute approximate surface area is 139 Å². The van der Waals surface area contributed by atoms with E-state index in [1.807, 2.05) is 54.6 Å². The summed E-state index contributed by atoms with van der Waals surface area (Å²) >= 11 is 0. The number of nitrogens with one attached hydrogen (secondary N) is 1. The molecule has 0 aliphatic carbocycles. The first-order valence-corrected chi connectivity index (χ1v) is 7.55. The SMILES string of the molecule is O=C(COc1ccccc1F)Nc1ccccc1-c1ccccc1. The van der Waals surface area contributed by atoms with E-state index in [4.69, 9.17) is 4.74 Å². The molecule has 120 valence electrons. The Morgan fingerprint density at radius 1 is 0.875 bits per heavy atom. The van der Waals surface area contributed by atoms with Crippen LogP contribution in [0.25, 0.3) is 11.1 Å². The van der Waals surface area contributed by atoms with E-state index in [-0.39, 0.29) is 18.3 Å². The van der Waals surface area contributed by atoms with Crippen LogP contribution in [0.1, 0.15) is 0 Å². The van der Waals surface area contributed by atoms with Gasteiger partial charge in [0, 0.05) is 11.3 Å². The van der Waals surface area contributed by atoms with Crippen molar-refractivity contribution in [2.24, 2.45) is 0 Å². The smallest absolute Gasteiger partial charge is 0.262 e. The number of carbonyl (C=O) groups excluding carboxylic acids is 1. The summed E-state index contributed by atoms with van der Waals surface area (Å²) in [6, 6.07) is 23.3.